The van der Waals surface area contributed by atoms with Crippen LogP contribution in [-0.2, 0) is 13.6 Å². The zero-order valence-corrected chi connectivity index (χ0v) is 10.2. The maximum absolute atomic E-state index is 12.7. The summed E-state index contributed by atoms with van der Waals surface area (Å²) in [7, 11) is -2.81. The fraction of sp³-hybridized carbons (Fsp3) is 1.00. The van der Waals surface area contributed by atoms with Crippen LogP contribution >= 0.6 is 7.60 Å². The van der Waals surface area contributed by atoms with Crippen molar-refractivity contribution < 1.29 is 13.6 Å². The Kier molecular flexibility index (Phi) is 2.28. The van der Waals surface area contributed by atoms with Crippen LogP contribution in [-0.4, -0.2) is 17.4 Å². The van der Waals surface area contributed by atoms with Crippen molar-refractivity contribution in [3.8, 4) is 0 Å². The van der Waals surface area contributed by atoms with Gasteiger partial charge in [0.15, 0.2) is 0 Å². The molecule has 15 heavy (non-hydrogen) atoms. The third kappa shape index (κ3) is 1.51. The summed E-state index contributed by atoms with van der Waals surface area (Å²) in [4.78, 5) is 0. The molecule has 4 heteroatoms. The van der Waals surface area contributed by atoms with E-state index in [0.717, 1.165) is 32.1 Å². The molecule has 3 bridgehead atoms. The molecule has 0 saturated carbocycles. The standard InChI is InChI=1S/C11H19O3P/c1-11-6-3-2-4-9-8-10(5-7-11)14-15(11,12)13-9/h9-10H,2-8H2,1H3. The topological polar surface area (TPSA) is 35.5 Å². The van der Waals surface area contributed by atoms with Crippen LogP contribution in [0.2, 0.25) is 0 Å². The van der Waals surface area contributed by atoms with Crippen molar-refractivity contribution >= 4 is 7.60 Å². The summed E-state index contributed by atoms with van der Waals surface area (Å²) in [5.74, 6) is 0. The molecule has 3 rings (SSSR count). The van der Waals surface area contributed by atoms with E-state index in [4.69, 9.17) is 9.05 Å². The van der Waals surface area contributed by atoms with Gasteiger partial charge in [0.1, 0.15) is 0 Å². The first-order valence-electron chi connectivity index (χ1n) is 6.08. The average molecular weight is 230 g/mol. The summed E-state index contributed by atoms with van der Waals surface area (Å²) in [6.07, 6.45) is 7.92. The van der Waals surface area contributed by atoms with Crippen molar-refractivity contribution in [2.24, 2.45) is 0 Å². The van der Waals surface area contributed by atoms with E-state index in [9.17, 15) is 4.57 Å². The van der Waals surface area contributed by atoms with Gasteiger partial charge in [-0.15, -0.1) is 0 Å². The Hall–Kier alpha value is 0.150. The molecule has 86 valence electrons. The van der Waals surface area contributed by atoms with Crippen molar-refractivity contribution in [1.29, 1.82) is 0 Å². The van der Waals surface area contributed by atoms with Gasteiger partial charge in [-0.25, -0.2) is 0 Å². The molecule has 3 aliphatic rings. The van der Waals surface area contributed by atoms with E-state index in [0.29, 0.717) is 0 Å². The largest absolute Gasteiger partial charge is 0.337 e. The lowest BCUT2D eigenvalue weighted by Gasteiger charge is -2.49. The van der Waals surface area contributed by atoms with Gasteiger partial charge in [0.2, 0.25) is 0 Å². The number of rotatable bonds is 0. The van der Waals surface area contributed by atoms with E-state index in [-0.39, 0.29) is 17.4 Å². The predicted molar refractivity (Wildman–Crippen MR) is 58.1 cm³/mol. The number of hydrogen-bond acceptors (Lipinski definition) is 3. The third-order valence-corrected chi connectivity index (χ3v) is 7.18. The Bertz CT molecular complexity index is 313. The Labute approximate surface area is 91.1 Å². The summed E-state index contributed by atoms with van der Waals surface area (Å²) in [6, 6.07) is 0. The highest BCUT2D eigenvalue weighted by Crippen LogP contribution is 2.71. The van der Waals surface area contributed by atoms with Gasteiger partial charge in [-0.05, 0) is 32.6 Å². The highest BCUT2D eigenvalue weighted by atomic mass is 31.2. The Balaban J connectivity index is 1.99. The second-order valence-electron chi connectivity index (χ2n) is 5.47. The predicted octanol–water partition coefficient (Wildman–Crippen LogP) is 3.48. The third-order valence-electron chi connectivity index (χ3n) is 4.26. The molecule has 0 aromatic heterocycles. The van der Waals surface area contributed by atoms with Gasteiger partial charge in [-0.1, -0.05) is 12.8 Å². The van der Waals surface area contributed by atoms with E-state index in [1.165, 1.54) is 12.8 Å². The first-order valence-corrected chi connectivity index (χ1v) is 7.63. The molecule has 0 amide bonds. The quantitative estimate of drug-likeness (QED) is 0.597. The van der Waals surface area contributed by atoms with Crippen LogP contribution < -0.4 is 0 Å². The highest BCUT2D eigenvalue weighted by molar-refractivity contribution is 7.55. The van der Waals surface area contributed by atoms with Crippen molar-refractivity contribution in [3.05, 3.63) is 0 Å². The minimum absolute atomic E-state index is 0.192. The molecule has 0 spiro atoms. The molecular formula is C11H19O3P. The monoisotopic (exact) mass is 230 g/mol. The lowest BCUT2D eigenvalue weighted by Crippen LogP contribution is -2.43. The lowest BCUT2D eigenvalue weighted by molar-refractivity contribution is -0.0123. The lowest BCUT2D eigenvalue weighted by atomic mass is 9.90. The molecule has 3 fully saturated rings. The fourth-order valence-electron chi connectivity index (χ4n) is 3.14. The summed E-state index contributed by atoms with van der Waals surface area (Å²) in [6.45, 7) is 2.09. The van der Waals surface area contributed by atoms with Gasteiger partial charge >= 0.3 is 7.60 Å². The molecule has 4 unspecified atom stereocenters. The van der Waals surface area contributed by atoms with Crippen LogP contribution in [0.5, 0.6) is 0 Å². The van der Waals surface area contributed by atoms with E-state index in [1.807, 2.05) is 0 Å². The van der Waals surface area contributed by atoms with Gasteiger partial charge in [0.25, 0.3) is 0 Å². The van der Waals surface area contributed by atoms with E-state index >= 15 is 0 Å². The van der Waals surface area contributed by atoms with Crippen molar-refractivity contribution in [1.82, 2.24) is 0 Å². The zero-order valence-electron chi connectivity index (χ0n) is 9.28. The first kappa shape index (κ1) is 10.3. The molecule has 3 nitrogen and oxygen atoms in total. The molecule has 0 aliphatic carbocycles. The Morgan fingerprint density at radius 3 is 2.67 bits per heavy atom. The normalized spacial score (nSPS) is 54.7. The van der Waals surface area contributed by atoms with Crippen LogP contribution in [0.3, 0.4) is 0 Å². The summed E-state index contributed by atoms with van der Waals surface area (Å²) in [5.41, 5.74) is 0. The van der Waals surface area contributed by atoms with Gasteiger partial charge in [0.05, 0.1) is 17.4 Å². The molecule has 0 aromatic rings. The van der Waals surface area contributed by atoms with Gasteiger partial charge in [-0.3, -0.25) is 4.57 Å². The van der Waals surface area contributed by atoms with Crippen molar-refractivity contribution in [2.45, 2.75) is 69.2 Å². The maximum Gasteiger partial charge on any atom is 0.337 e. The van der Waals surface area contributed by atoms with Crippen molar-refractivity contribution in [2.75, 3.05) is 0 Å². The molecule has 3 aliphatic heterocycles. The number of hydrogen-bond donors (Lipinski definition) is 0. The smallest absolute Gasteiger partial charge is 0.305 e. The second-order valence-corrected chi connectivity index (χ2v) is 7.97. The van der Waals surface area contributed by atoms with Crippen LogP contribution in [0.1, 0.15) is 51.9 Å². The molecule has 3 heterocycles. The average Bonchev–Trinajstić information content (AvgIpc) is 2.19. The van der Waals surface area contributed by atoms with Crippen LogP contribution in [0.25, 0.3) is 0 Å². The zero-order chi connectivity index (χ0) is 10.5. The SMILES string of the molecule is CC12CCCCC3CC(CC1)OP2(=O)O3. The first-order chi connectivity index (χ1) is 7.11. The number of fused-ring (bicyclic) bond motifs is 2. The minimum Gasteiger partial charge on any atom is -0.305 e. The molecule has 4 atom stereocenters. The molecule has 3 saturated heterocycles. The van der Waals surface area contributed by atoms with Gasteiger partial charge < -0.3 is 9.05 Å². The highest BCUT2D eigenvalue weighted by Gasteiger charge is 2.55. The van der Waals surface area contributed by atoms with Gasteiger partial charge in [-0.2, -0.15) is 0 Å². The summed E-state index contributed by atoms with van der Waals surface area (Å²) >= 11 is 0. The van der Waals surface area contributed by atoms with Crippen LogP contribution in [0.4, 0.5) is 0 Å². The molecule has 0 radical (unpaired) electrons. The van der Waals surface area contributed by atoms with Crippen molar-refractivity contribution in [3.63, 3.8) is 0 Å². The van der Waals surface area contributed by atoms with Crippen LogP contribution in [0.15, 0.2) is 0 Å². The fourth-order valence-corrected chi connectivity index (χ4v) is 5.70. The van der Waals surface area contributed by atoms with E-state index in [2.05, 4.69) is 6.92 Å². The second kappa shape index (κ2) is 3.32. The molecular weight excluding hydrogens is 211 g/mol. The van der Waals surface area contributed by atoms with E-state index < -0.39 is 7.60 Å². The van der Waals surface area contributed by atoms with Crippen LogP contribution in [0, 0.1) is 0 Å². The maximum atomic E-state index is 12.7. The summed E-state index contributed by atoms with van der Waals surface area (Å²) < 4.78 is 24.2. The molecule has 0 N–H and O–H groups in total. The van der Waals surface area contributed by atoms with E-state index in [1.54, 1.807) is 0 Å². The summed E-state index contributed by atoms with van der Waals surface area (Å²) in [5, 5.41) is -0.192. The Morgan fingerprint density at radius 2 is 1.87 bits per heavy atom. The minimum atomic E-state index is -2.81. The van der Waals surface area contributed by atoms with Gasteiger partial charge in [0, 0.05) is 6.42 Å². The Morgan fingerprint density at radius 1 is 1.13 bits per heavy atom. The molecule has 0 aromatic carbocycles.